The van der Waals surface area contributed by atoms with Crippen LogP contribution in [0.15, 0.2) is 36.0 Å². The maximum atomic E-state index is 12.7. The maximum absolute atomic E-state index is 12.7. The highest BCUT2D eigenvalue weighted by molar-refractivity contribution is 6.33. The van der Waals surface area contributed by atoms with E-state index in [1.807, 2.05) is 32.9 Å². The van der Waals surface area contributed by atoms with Gasteiger partial charge in [-0.1, -0.05) is 24.9 Å². The molecular formula is C30H36ClN5O4. The molecule has 0 unspecified atom stereocenters. The highest BCUT2D eigenvalue weighted by Crippen LogP contribution is 2.37. The molecule has 1 atom stereocenters. The molecule has 40 heavy (non-hydrogen) atoms. The van der Waals surface area contributed by atoms with E-state index in [-0.39, 0.29) is 12.4 Å². The van der Waals surface area contributed by atoms with Gasteiger partial charge in [0.15, 0.2) is 11.6 Å². The minimum atomic E-state index is -0.567. The third-order valence-electron chi connectivity index (χ3n) is 6.68. The average Bonchev–Trinajstić information content (AvgIpc) is 3.32. The number of hydrogen-bond acceptors (Lipinski definition) is 9. The van der Waals surface area contributed by atoms with Crippen molar-refractivity contribution in [1.29, 1.82) is 0 Å². The van der Waals surface area contributed by atoms with Gasteiger partial charge >= 0.3 is 0 Å². The Balaban J connectivity index is 1.80. The lowest BCUT2D eigenvalue weighted by atomic mass is 10.0. The van der Waals surface area contributed by atoms with Crippen molar-refractivity contribution in [2.75, 3.05) is 18.1 Å². The first kappa shape index (κ1) is 29.3. The van der Waals surface area contributed by atoms with Crippen LogP contribution in [0.4, 0.5) is 5.82 Å². The Morgan fingerprint density at radius 2 is 1.90 bits per heavy atom. The van der Waals surface area contributed by atoms with Crippen molar-refractivity contribution in [3.8, 4) is 23.0 Å². The Hall–Kier alpha value is -3.69. The van der Waals surface area contributed by atoms with Crippen molar-refractivity contribution < 1.29 is 19.4 Å². The molecule has 3 N–H and O–H groups in total. The van der Waals surface area contributed by atoms with E-state index in [4.69, 9.17) is 36.8 Å². The van der Waals surface area contributed by atoms with Gasteiger partial charge in [0.1, 0.15) is 18.2 Å². The van der Waals surface area contributed by atoms with Crippen LogP contribution in [0.5, 0.6) is 11.6 Å². The van der Waals surface area contributed by atoms with E-state index in [0.717, 1.165) is 23.2 Å². The van der Waals surface area contributed by atoms with Crippen LogP contribution in [0.1, 0.15) is 63.1 Å². The van der Waals surface area contributed by atoms with Gasteiger partial charge in [0.05, 0.1) is 41.2 Å². The van der Waals surface area contributed by atoms with Gasteiger partial charge in [0.25, 0.3) is 0 Å². The summed E-state index contributed by atoms with van der Waals surface area (Å²) in [6.45, 7) is 10.8. The first-order chi connectivity index (χ1) is 19.1. The summed E-state index contributed by atoms with van der Waals surface area (Å²) in [5, 5.41) is 10.5. The number of aliphatic hydroxyl groups excluding tert-OH is 1. The Bertz CT molecular complexity index is 1440. The molecule has 3 heterocycles. The summed E-state index contributed by atoms with van der Waals surface area (Å²) in [6, 6.07) is 9.08. The van der Waals surface area contributed by atoms with Crippen molar-refractivity contribution >= 4 is 28.8 Å². The number of aromatic nitrogens is 3. The van der Waals surface area contributed by atoms with Crippen LogP contribution in [0.2, 0.25) is 5.02 Å². The van der Waals surface area contributed by atoms with Crippen LogP contribution in [-0.2, 0) is 17.9 Å². The van der Waals surface area contributed by atoms with Gasteiger partial charge in [-0.05, 0) is 63.9 Å². The molecular weight excluding hydrogens is 530 g/mol. The Morgan fingerprint density at radius 3 is 2.58 bits per heavy atom. The molecule has 0 spiro atoms. The highest BCUT2D eigenvalue weighted by Gasteiger charge is 2.28. The molecule has 0 aliphatic carbocycles. The Labute approximate surface area is 240 Å². The van der Waals surface area contributed by atoms with Crippen molar-refractivity contribution in [1.82, 2.24) is 15.0 Å². The number of anilines is 1. The highest BCUT2D eigenvalue weighted by atomic mass is 35.5. The molecule has 0 fully saturated rings. The largest absolute Gasteiger partial charge is 0.491 e. The number of nitrogens with two attached hydrogens (primary N) is 1. The maximum Gasteiger partial charge on any atom is 0.213 e. The monoisotopic (exact) mass is 565 g/mol. The van der Waals surface area contributed by atoms with Gasteiger partial charge in [0.2, 0.25) is 5.88 Å². The number of benzene rings is 1. The third kappa shape index (κ3) is 6.37. The van der Waals surface area contributed by atoms with E-state index in [2.05, 4.69) is 9.88 Å². The molecule has 0 amide bonds. The number of Topliss-reactive ketones (excluding diaryl/α,β-unsaturated/α-hetero) is 1. The normalized spacial score (nSPS) is 14.0. The summed E-state index contributed by atoms with van der Waals surface area (Å²) in [4.78, 5) is 29.2. The fraction of sp³-hybridized carbons (Fsp3) is 0.400. The SMILES string of the molecule is CCC[C@@H](O)COc1ccc(Cl)c(-c2nc(C(C(C)=O)=C(C)N)c(C)c(N3Cc4ccc(OCC)nc4C3)n2)c1. The lowest BCUT2D eigenvalue weighted by Crippen LogP contribution is -2.20. The quantitative estimate of drug-likeness (QED) is 0.300. The van der Waals surface area contributed by atoms with Gasteiger partial charge in [-0.25, -0.2) is 15.0 Å². The zero-order valence-electron chi connectivity index (χ0n) is 23.6. The Kier molecular flexibility index (Phi) is 9.27. The van der Waals surface area contributed by atoms with Crippen LogP contribution in [0.25, 0.3) is 17.0 Å². The van der Waals surface area contributed by atoms with Gasteiger partial charge < -0.3 is 25.2 Å². The van der Waals surface area contributed by atoms with E-state index >= 15 is 0 Å². The number of nitrogens with zero attached hydrogens (tertiary/aromatic N) is 4. The smallest absolute Gasteiger partial charge is 0.213 e. The van der Waals surface area contributed by atoms with E-state index in [0.29, 0.717) is 76.9 Å². The first-order valence-corrected chi connectivity index (χ1v) is 13.8. The summed E-state index contributed by atoms with van der Waals surface area (Å²) in [7, 11) is 0. The molecule has 4 rings (SSSR count). The average molecular weight is 566 g/mol. The van der Waals surface area contributed by atoms with Crippen LogP contribution in [0, 0.1) is 6.92 Å². The molecule has 1 aliphatic rings. The predicted octanol–water partition coefficient (Wildman–Crippen LogP) is 5.24. The number of pyridine rings is 1. The molecule has 1 aromatic carbocycles. The third-order valence-corrected chi connectivity index (χ3v) is 7.01. The summed E-state index contributed by atoms with van der Waals surface area (Å²) in [5.74, 6) is 1.90. The number of halogens is 1. The van der Waals surface area contributed by atoms with Crippen molar-refractivity contribution in [3.05, 3.63) is 63.6 Å². The number of allylic oxidation sites excluding steroid dienone is 2. The minimum Gasteiger partial charge on any atom is -0.491 e. The molecule has 0 saturated heterocycles. The summed E-state index contributed by atoms with van der Waals surface area (Å²) < 4.78 is 11.4. The van der Waals surface area contributed by atoms with Crippen molar-refractivity contribution in [2.45, 2.75) is 66.7 Å². The number of carbonyl (C=O) groups excluding carboxylic acids is 1. The zero-order chi connectivity index (χ0) is 29.0. The molecule has 3 aromatic rings. The second-order valence-corrected chi connectivity index (χ2v) is 10.3. The second-order valence-electron chi connectivity index (χ2n) is 9.90. The number of ether oxygens (including phenoxy) is 2. The predicted molar refractivity (Wildman–Crippen MR) is 156 cm³/mol. The van der Waals surface area contributed by atoms with Gasteiger partial charge in [-0.3, -0.25) is 4.79 Å². The number of rotatable bonds is 11. The van der Waals surface area contributed by atoms with Crippen LogP contribution in [0.3, 0.4) is 0 Å². The number of carbonyl (C=O) groups is 1. The summed E-state index contributed by atoms with van der Waals surface area (Å²) in [5.41, 5.74) is 10.6. The molecule has 0 saturated carbocycles. The van der Waals surface area contributed by atoms with Crippen LogP contribution >= 0.6 is 11.6 Å². The van der Waals surface area contributed by atoms with Crippen molar-refractivity contribution in [3.63, 3.8) is 0 Å². The van der Waals surface area contributed by atoms with Gasteiger partial charge in [0, 0.05) is 29.4 Å². The molecule has 1 aliphatic heterocycles. The second kappa shape index (κ2) is 12.7. The fourth-order valence-electron chi connectivity index (χ4n) is 4.79. The number of hydrogen-bond donors (Lipinski definition) is 2. The van der Waals surface area contributed by atoms with E-state index in [1.165, 1.54) is 6.92 Å². The number of ketones is 1. The van der Waals surface area contributed by atoms with Crippen LogP contribution < -0.4 is 20.1 Å². The summed E-state index contributed by atoms with van der Waals surface area (Å²) in [6.07, 6.45) is 0.933. The minimum absolute atomic E-state index is 0.159. The molecule has 9 nitrogen and oxygen atoms in total. The summed E-state index contributed by atoms with van der Waals surface area (Å²) >= 11 is 6.65. The van der Waals surface area contributed by atoms with E-state index in [9.17, 15) is 9.90 Å². The number of aliphatic hydroxyl groups is 1. The van der Waals surface area contributed by atoms with Gasteiger partial charge in [-0.15, -0.1) is 0 Å². The molecule has 2 aromatic heterocycles. The van der Waals surface area contributed by atoms with Crippen molar-refractivity contribution in [2.24, 2.45) is 5.73 Å². The number of fused-ring (bicyclic) bond motifs is 1. The molecule has 0 bridgehead atoms. The molecule has 212 valence electrons. The van der Waals surface area contributed by atoms with E-state index in [1.54, 1.807) is 25.1 Å². The topological polar surface area (TPSA) is 124 Å². The molecule has 0 radical (unpaired) electrons. The van der Waals surface area contributed by atoms with Gasteiger partial charge in [-0.2, -0.15) is 0 Å². The Morgan fingerprint density at radius 1 is 1.12 bits per heavy atom. The van der Waals surface area contributed by atoms with E-state index < -0.39 is 6.10 Å². The lowest BCUT2D eigenvalue weighted by molar-refractivity contribution is -0.111. The fourth-order valence-corrected chi connectivity index (χ4v) is 5.00. The standard InChI is InChI=1S/C30H36ClN5O4/c1-6-8-21(38)16-40-22-10-11-24(31)23(13-22)29-34-28(27(18(4)32)19(5)37)17(3)30(35-29)36-14-20-9-12-26(39-7-2)33-25(20)15-36/h9-13,21,38H,6-8,14-16,32H2,1-5H3/t21-/m1/s1. The lowest BCUT2D eigenvalue weighted by Gasteiger charge is -2.22. The zero-order valence-corrected chi connectivity index (χ0v) is 24.4. The first-order valence-electron chi connectivity index (χ1n) is 13.5. The molecule has 10 heteroatoms. The van der Waals surface area contributed by atoms with Crippen LogP contribution in [-0.4, -0.2) is 45.2 Å².